The lowest BCUT2D eigenvalue weighted by Gasteiger charge is -2.11. The number of aryl methyl sites for hydroxylation is 1. The van der Waals surface area contributed by atoms with E-state index in [1.807, 2.05) is 27.7 Å². The van der Waals surface area contributed by atoms with Crippen LogP contribution in [-0.4, -0.2) is 19.3 Å². The lowest BCUT2D eigenvalue weighted by atomic mass is 10.1. The van der Waals surface area contributed by atoms with Gasteiger partial charge in [-0.1, -0.05) is 26.8 Å². The number of hydrogen-bond acceptors (Lipinski definition) is 2. The Balaban J connectivity index is 0.00000154. The summed E-state index contributed by atoms with van der Waals surface area (Å²) in [6.45, 7) is 10.1. The molecule has 0 aliphatic carbocycles. The minimum atomic E-state index is -0.922. The Morgan fingerprint density at radius 1 is 1.05 bits per heavy atom. The Hall–Kier alpha value is -1.16. The molecule has 0 aliphatic heterocycles. The highest BCUT2D eigenvalue weighted by Crippen LogP contribution is 2.22. The van der Waals surface area contributed by atoms with E-state index in [1.54, 1.807) is 6.92 Å². The zero-order valence-corrected chi connectivity index (χ0v) is 12.4. The van der Waals surface area contributed by atoms with Crippen LogP contribution in [0.4, 0.5) is 8.78 Å². The Morgan fingerprint density at radius 2 is 1.68 bits per heavy atom. The summed E-state index contributed by atoms with van der Waals surface area (Å²) < 4.78 is 37.3. The van der Waals surface area contributed by atoms with Gasteiger partial charge in [-0.2, -0.15) is 4.39 Å². The zero-order valence-electron chi connectivity index (χ0n) is 12.4. The van der Waals surface area contributed by atoms with Gasteiger partial charge in [0, 0.05) is 0 Å². The molecular weight excluding hydrogens is 250 g/mol. The normalized spacial score (nSPS) is 10.1. The van der Waals surface area contributed by atoms with E-state index in [0.29, 0.717) is 18.6 Å². The van der Waals surface area contributed by atoms with E-state index in [-0.39, 0.29) is 18.5 Å². The van der Waals surface area contributed by atoms with Gasteiger partial charge in [-0.15, -0.1) is 0 Å². The van der Waals surface area contributed by atoms with E-state index in [1.165, 1.54) is 12.1 Å². The maximum Gasteiger partial charge on any atom is 0.200 e. The fourth-order valence-corrected chi connectivity index (χ4v) is 1.39. The van der Waals surface area contributed by atoms with Crippen LogP contribution in [0.2, 0.25) is 0 Å². The van der Waals surface area contributed by atoms with Gasteiger partial charge in [-0.05, 0) is 31.9 Å². The maximum atomic E-state index is 13.5. The lowest BCUT2D eigenvalue weighted by molar-refractivity contribution is 0.0542. The first kappa shape index (κ1) is 17.8. The van der Waals surface area contributed by atoms with Crippen LogP contribution in [0.3, 0.4) is 0 Å². The second kappa shape index (κ2) is 9.73. The summed E-state index contributed by atoms with van der Waals surface area (Å²) >= 11 is 0. The largest absolute Gasteiger partial charge is 0.488 e. The fraction of sp³-hybridized carbons (Fsp3) is 0.600. The summed E-state index contributed by atoms with van der Waals surface area (Å²) in [4.78, 5) is 0. The predicted molar refractivity (Wildman–Crippen MR) is 73.7 cm³/mol. The maximum absolute atomic E-state index is 13.5. The summed E-state index contributed by atoms with van der Waals surface area (Å²) in [5.41, 5.74) is 0.355. The molecule has 0 aliphatic rings. The van der Waals surface area contributed by atoms with E-state index in [0.717, 1.165) is 0 Å². The molecule has 0 spiro atoms. The Bertz CT molecular complexity index is 365. The monoisotopic (exact) mass is 274 g/mol. The van der Waals surface area contributed by atoms with Gasteiger partial charge in [-0.25, -0.2) is 4.39 Å². The van der Waals surface area contributed by atoms with Gasteiger partial charge in [-0.3, -0.25) is 0 Å². The lowest BCUT2D eigenvalue weighted by Crippen LogP contribution is -2.12. The molecule has 0 aromatic heterocycles. The van der Waals surface area contributed by atoms with Crippen LogP contribution in [0.5, 0.6) is 5.75 Å². The molecule has 0 radical (unpaired) electrons. The smallest absolute Gasteiger partial charge is 0.200 e. The standard InChI is InChI=1S/C13H18F2O2.C2H6/c1-4-10-5-6-11(13(15)12(10)14)17-8-7-16-9(2)3;1-2/h5-6,9H,4,7-8H2,1-3H3;1-2H3. The van der Waals surface area contributed by atoms with E-state index >= 15 is 0 Å². The van der Waals surface area contributed by atoms with Crippen molar-refractivity contribution in [2.24, 2.45) is 0 Å². The molecule has 0 amide bonds. The van der Waals surface area contributed by atoms with Gasteiger partial charge < -0.3 is 9.47 Å². The number of rotatable bonds is 6. The van der Waals surface area contributed by atoms with E-state index in [4.69, 9.17) is 9.47 Å². The van der Waals surface area contributed by atoms with Crippen molar-refractivity contribution >= 4 is 0 Å². The molecule has 0 heterocycles. The molecule has 0 fully saturated rings. The van der Waals surface area contributed by atoms with Crippen molar-refractivity contribution in [3.05, 3.63) is 29.3 Å². The van der Waals surface area contributed by atoms with Crippen LogP contribution in [0.25, 0.3) is 0 Å². The van der Waals surface area contributed by atoms with Crippen LogP contribution < -0.4 is 4.74 Å². The summed E-state index contributed by atoms with van der Waals surface area (Å²) in [7, 11) is 0. The highest BCUT2D eigenvalue weighted by atomic mass is 19.2. The number of halogens is 2. The summed E-state index contributed by atoms with van der Waals surface area (Å²) in [6, 6.07) is 2.99. The van der Waals surface area contributed by atoms with Crippen molar-refractivity contribution in [2.75, 3.05) is 13.2 Å². The van der Waals surface area contributed by atoms with Crippen LogP contribution in [0.1, 0.15) is 40.2 Å². The quantitative estimate of drug-likeness (QED) is 0.718. The van der Waals surface area contributed by atoms with Gasteiger partial charge in [0.2, 0.25) is 5.82 Å². The second-order valence-corrected chi connectivity index (χ2v) is 3.97. The Morgan fingerprint density at radius 3 is 2.21 bits per heavy atom. The highest BCUT2D eigenvalue weighted by Gasteiger charge is 2.13. The molecule has 0 saturated carbocycles. The molecule has 0 N–H and O–H groups in total. The molecule has 1 aromatic rings. The van der Waals surface area contributed by atoms with Crippen LogP contribution >= 0.6 is 0 Å². The minimum absolute atomic E-state index is 0.0629. The van der Waals surface area contributed by atoms with Gasteiger partial charge >= 0.3 is 0 Å². The molecule has 19 heavy (non-hydrogen) atoms. The fourth-order valence-electron chi connectivity index (χ4n) is 1.39. The van der Waals surface area contributed by atoms with E-state index in [2.05, 4.69) is 0 Å². The van der Waals surface area contributed by atoms with E-state index < -0.39 is 11.6 Å². The predicted octanol–water partition coefficient (Wildman–Crippen LogP) is 4.36. The van der Waals surface area contributed by atoms with E-state index in [9.17, 15) is 8.78 Å². The third-order valence-corrected chi connectivity index (χ3v) is 2.30. The van der Waals surface area contributed by atoms with Gasteiger partial charge in [0.25, 0.3) is 0 Å². The number of hydrogen-bond donors (Lipinski definition) is 0. The van der Waals surface area contributed by atoms with Crippen LogP contribution in [-0.2, 0) is 11.2 Å². The van der Waals surface area contributed by atoms with Crippen LogP contribution in [0, 0.1) is 11.6 Å². The third kappa shape index (κ3) is 6.01. The summed E-state index contributed by atoms with van der Waals surface area (Å²) in [5, 5.41) is 0. The molecule has 110 valence electrons. The topological polar surface area (TPSA) is 18.5 Å². The minimum Gasteiger partial charge on any atom is -0.488 e. The second-order valence-electron chi connectivity index (χ2n) is 3.97. The molecule has 1 rings (SSSR count). The van der Waals surface area contributed by atoms with Crippen molar-refractivity contribution in [3.63, 3.8) is 0 Å². The molecule has 2 nitrogen and oxygen atoms in total. The van der Waals surface area contributed by atoms with Gasteiger partial charge in [0.1, 0.15) is 6.61 Å². The van der Waals surface area contributed by atoms with Crippen molar-refractivity contribution < 1.29 is 18.3 Å². The third-order valence-electron chi connectivity index (χ3n) is 2.30. The van der Waals surface area contributed by atoms with Crippen molar-refractivity contribution in [1.29, 1.82) is 0 Å². The highest BCUT2D eigenvalue weighted by molar-refractivity contribution is 5.31. The van der Waals surface area contributed by atoms with Crippen molar-refractivity contribution in [1.82, 2.24) is 0 Å². The first-order valence-electron chi connectivity index (χ1n) is 6.77. The van der Waals surface area contributed by atoms with Gasteiger partial charge in [0.15, 0.2) is 11.6 Å². The zero-order chi connectivity index (χ0) is 14.8. The van der Waals surface area contributed by atoms with Crippen molar-refractivity contribution in [2.45, 2.75) is 47.1 Å². The number of ether oxygens (including phenoxy) is 2. The Labute approximate surface area is 114 Å². The molecule has 0 atom stereocenters. The first-order valence-corrected chi connectivity index (χ1v) is 6.77. The summed E-state index contributed by atoms with van der Waals surface area (Å²) in [5.74, 6) is -1.81. The van der Waals surface area contributed by atoms with Crippen LogP contribution in [0.15, 0.2) is 12.1 Å². The average molecular weight is 274 g/mol. The number of benzene rings is 1. The SMILES string of the molecule is CC.CCc1ccc(OCCOC(C)C)c(F)c1F. The molecule has 0 bridgehead atoms. The summed E-state index contributed by atoms with van der Waals surface area (Å²) in [6.07, 6.45) is 0.558. The average Bonchev–Trinajstić information content (AvgIpc) is 2.41. The molecular formula is C15H24F2O2. The van der Waals surface area contributed by atoms with Gasteiger partial charge in [0.05, 0.1) is 12.7 Å². The van der Waals surface area contributed by atoms with Crippen molar-refractivity contribution in [3.8, 4) is 5.75 Å². The molecule has 0 unspecified atom stereocenters. The first-order chi connectivity index (χ1) is 9.06. The molecule has 4 heteroatoms. The Kier molecular flexibility index (Phi) is 9.13. The molecule has 0 saturated heterocycles. The molecule has 1 aromatic carbocycles.